The van der Waals surface area contributed by atoms with E-state index in [2.05, 4.69) is 11.8 Å². The predicted octanol–water partition coefficient (Wildman–Crippen LogP) is 2.85. The van der Waals surface area contributed by atoms with E-state index in [0.29, 0.717) is 18.7 Å². The van der Waals surface area contributed by atoms with Gasteiger partial charge in [-0.3, -0.25) is 0 Å². The summed E-state index contributed by atoms with van der Waals surface area (Å²) in [5, 5.41) is 0. The van der Waals surface area contributed by atoms with E-state index in [1.165, 1.54) is 6.07 Å². The Kier molecular flexibility index (Phi) is 5.31. The Morgan fingerprint density at radius 3 is 2.35 bits per heavy atom. The molecule has 102 valence electrons. The third-order valence-corrected chi connectivity index (χ3v) is 2.82. The lowest BCUT2D eigenvalue weighted by Gasteiger charge is -2.07. The third-order valence-electron chi connectivity index (χ3n) is 2.82. The molecule has 0 aliphatic rings. The molecule has 0 saturated heterocycles. The maximum Gasteiger partial charge on any atom is 0.128 e. The van der Waals surface area contributed by atoms with Crippen molar-refractivity contribution in [3.63, 3.8) is 0 Å². The first-order chi connectivity index (χ1) is 9.81. The Bertz CT molecular complexity index is 628. The molecule has 2 aromatic rings. The third kappa shape index (κ3) is 3.92. The monoisotopic (exact) mass is 269 g/mol. The van der Waals surface area contributed by atoms with Crippen molar-refractivity contribution in [2.45, 2.75) is 13.2 Å². The highest BCUT2D eigenvalue weighted by Gasteiger charge is 2.03. The van der Waals surface area contributed by atoms with Gasteiger partial charge in [-0.2, -0.15) is 0 Å². The average molecular weight is 269 g/mol. The second kappa shape index (κ2) is 7.44. The minimum Gasteiger partial charge on any atom is -0.372 e. The van der Waals surface area contributed by atoms with Gasteiger partial charge >= 0.3 is 0 Å². The number of benzene rings is 2. The van der Waals surface area contributed by atoms with E-state index in [1.807, 2.05) is 24.3 Å². The summed E-state index contributed by atoms with van der Waals surface area (Å²) in [5.74, 6) is 5.58. The zero-order valence-corrected chi connectivity index (χ0v) is 11.1. The van der Waals surface area contributed by atoms with Crippen LogP contribution < -0.4 is 5.73 Å². The van der Waals surface area contributed by atoms with E-state index in [-0.39, 0.29) is 12.4 Å². The number of ether oxygens (including phenoxy) is 1. The molecule has 0 amide bonds. The molecule has 0 fully saturated rings. The van der Waals surface area contributed by atoms with Crippen LogP contribution in [0.25, 0.3) is 0 Å². The van der Waals surface area contributed by atoms with E-state index in [1.54, 1.807) is 18.2 Å². The van der Waals surface area contributed by atoms with Crippen molar-refractivity contribution in [3.05, 3.63) is 71.0 Å². The molecule has 0 spiro atoms. The number of rotatable bonds is 4. The van der Waals surface area contributed by atoms with Crippen LogP contribution in [-0.2, 0) is 18.0 Å². The van der Waals surface area contributed by atoms with Gasteiger partial charge in [-0.25, -0.2) is 4.39 Å². The van der Waals surface area contributed by atoms with Gasteiger partial charge in [0.2, 0.25) is 0 Å². The predicted molar refractivity (Wildman–Crippen MR) is 77.3 cm³/mol. The zero-order valence-electron chi connectivity index (χ0n) is 11.1. The van der Waals surface area contributed by atoms with Gasteiger partial charge in [-0.1, -0.05) is 48.2 Å². The van der Waals surface area contributed by atoms with Crippen LogP contribution in [0.4, 0.5) is 4.39 Å². The molecule has 3 heteroatoms. The lowest BCUT2D eigenvalue weighted by atomic mass is 10.1. The molecule has 2 nitrogen and oxygen atoms in total. The molecule has 2 N–H and O–H groups in total. The van der Waals surface area contributed by atoms with Crippen LogP contribution in [0.2, 0.25) is 0 Å². The number of nitrogens with two attached hydrogens (primary N) is 1. The minimum absolute atomic E-state index is 0.241. The summed E-state index contributed by atoms with van der Waals surface area (Å²) >= 11 is 0. The first-order valence-electron chi connectivity index (χ1n) is 6.39. The van der Waals surface area contributed by atoms with E-state index in [9.17, 15) is 4.39 Å². The summed E-state index contributed by atoms with van der Waals surface area (Å²) < 4.78 is 19.0. The van der Waals surface area contributed by atoms with E-state index in [4.69, 9.17) is 10.5 Å². The van der Waals surface area contributed by atoms with Crippen molar-refractivity contribution >= 4 is 0 Å². The molecule has 0 aromatic heterocycles. The molecule has 0 saturated carbocycles. The first-order valence-corrected chi connectivity index (χ1v) is 6.39. The van der Waals surface area contributed by atoms with Crippen molar-refractivity contribution in [1.29, 1.82) is 0 Å². The van der Waals surface area contributed by atoms with Crippen LogP contribution in [0, 0.1) is 17.7 Å². The first kappa shape index (κ1) is 14.3. The normalized spacial score (nSPS) is 9.90. The van der Waals surface area contributed by atoms with Gasteiger partial charge in [0.05, 0.1) is 19.8 Å². The van der Waals surface area contributed by atoms with Crippen molar-refractivity contribution in [2.75, 3.05) is 6.54 Å². The van der Waals surface area contributed by atoms with Gasteiger partial charge in [0.25, 0.3) is 0 Å². The van der Waals surface area contributed by atoms with Crippen LogP contribution in [0.1, 0.15) is 16.7 Å². The fraction of sp³-hybridized carbons (Fsp3) is 0.176. The Balaban J connectivity index is 1.99. The van der Waals surface area contributed by atoms with Gasteiger partial charge < -0.3 is 10.5 Å². The lowest BCUT2D eigenvalue weighted by molar-refractivity contribution is 0.104. The summed E-state index contributed by atoms with van der Waals surface area (Å²) in [6, 6.07) is 14.3. The van der Waals surface area contributed by atoms with Gasteiger partial charge in [0, 0.05) is 11.1 Å². The molecule has 0 aliphatic heterocycles. The van der Waals surface area contributed by atoms with Gasteiger partial charge in [0.1, 0.15) is 5.82 Å². The zero-order chi connectivity index (χ0) is 14.2. The quantitative estimate of drug-likeness (QED) is 0.866. The topological polar surface area (TPSA) is 35.2 Å². The second-order valence-electron chi connectivity index (χ2n) is 4.25. The largest absolute Gasteiger partial charge is 0.372 e. The number of halogens is 1. The minimum atomic E-state index is -0.247. The highest BCUT2D eigenvalue weighted by atomic mass is 19.1. The summed E-state index contributed by atoms with van der Waals surface area (Å²) in [6.07, 6.45) is 0. The summed E-state index contributed by atoms with van der Waals surface area (Å²) in [7, 11) is 0. The van der Waals surface area contributed by atoms with Crippen molar-refractivity contribution in [3.8, 4) is 11.8 Å². The van der Waals surface area contributed by atoms with Crippen LogP contribution in [0.15, 0.2) is 48.5 Å². The molecular weight excluding hydrogens is 253 g/mol. The van der Waals surface area contributed by atoms with Gasteiger partial charge in [0.15, 0.2) is 0 Å². The molecule has 0 radical (unpaired) electrons. The van der Waals surface area contributed by atoms with Gasteiger partial charge in [-0.05, 0) is 17.7 Å². The molecule has 0 bridgehead atoms. The Morgan fingerprint density at radius 1 is 0.950 bits per heavy atom. The van der Waals surface area contributed by atoms with Crippen LogP contribution in [0.3, 0.4) is 0 Å². The molecule has 2 aromatic carbocycles. The highest BCUT2D eigenvalue weighted by Crippen LogP contribution is 2.12. The molecule has 0 aliphatic carbocycles. The standard InChI is InChI=1S/C17H16FNO/c18-17-10-4-3-8-16(17)13-20-12-15-7-2-1-6-14(15)9-5-11-19/h1-4,6-8,10H,11-13,19H2. The SMILES string of the molecule is NCC#Cc1ccccc1COCc1ccccc1F. The van der Waals surface area contributed by atoms with Gasteiger partial charge in [-0.15, -0.1) is 0 Å². The summed E-state index contributed by atoms with van der Waals surface area (Å²) in [4.78, 5) is 0. The molecule has 0 atom stereocenters. The fourth-order valence-corrected chi connectivity index (χ4v) is 1.80. The lowest BCUT2D eigenvalue weighted by Crippen LogP contribution is -1.99. The second-order valence-corrected chi connectivity index (χ2v) is 4.25. The molecule has 20 heavy (non-hydrogen) atoms. The number of hydrogen-bond acceptors (Lipinski definition) is 2. The van der Waals surface area contributed by atoms with Crippen molar-refractivity contribution in [1.82, 2.24) is 0 Å². The smallest absolute Gasteiger partial charge is 0.128 e. The van der Waals surface area contributed by atoms with Crippen LogP contribution >= 0.6 is 0 Å². The molecule has 2 rings (SSSR count). The molecule has 0 unspecified atom stereocenters. The van der Waals surface area contributed by atoms with E-state index >= 15 is 0 Å². The molecular formula is C17H16FNO. The van der Waals surface area contributed by atoms with Crippen molar-refractivity contribution < 1.29 is 9.13 Å². The van der Waals surface area contributed by atoms with E-state index < -0.39 is 0 Å². The van der Waals surface area contributed by atoms with Crippen LogP contribution in [0.5, 0.6) is 0 Å². The fourth-order valence-electron chi connectivity index (χ4n) is 1.80. The Morgan fingerprint density at radius 2 is 1.60 bits per heavy atom. The van der Waals surface area contributed by atoms with E-state index in [0.717, 1.165) is 11.1 Å². The highest BCUT2D eigenvalue weighted by molar-refractivity contribution is 5.41. The Hall–Kier alpha value is -2.15. The van der Waals surface area contributed by atoms with Crippen molar-refractivity contribution in [2.24, 2.45) is 5.73 Å². The molecule has 0 heterocycles. The maximum atomic E-state index is 13.4. The Labute approximate surface area is 118 Å². The number of hydrogen-bond donors (Lipinski definition) is 1. The summed E-state index contributed by atoms with van der Waals surface area (Å²) in [5.41, 5.74) is 7.80. The van der Waals surface area contributed by atoms with Crippen LogP contribution in [-0.4, -0.2) is 6.54 Å². The average Bonchev–Trinajstić information content (AvgIpc) is 2.48. The summed E-state index contributed by atoms with van der Waals surface area (Å²) in [6.45, 7) is 0.958. The maximum absolute atomic E-state index is 13.4.